The third-order valence-electron chi connectivity index (χ3n) is 2.26. The smallest absolute Gasteiger partial charge is 0.146 e. The van der Waals surface area contributed by atoms with Crippen molar-refractivity contribution >= 4 is 33.2 Å². The molecule has 0 radical (unpaired) electrons. The molecule has 0 bridgehead atoms. The molecule has 0 aliphatic carbocycles. The van der Waals surface area contributed by atoms with Crippen LogP contribution in [0.2, 0.25) is 5.02 Å². The molecule has 5 heteroatoms. The Labute approximate surface area is 118 Å². The average Bonchev–Trinajstić information content (AvgIpc) is 2.34. The van der Waals surface area contributed by atoms with Crippen molar-refractivity contribution < 1.29 is 4.74 Å². The van der Waals surface area contributed by atoms with Gasteiger partial charge in [-0.15, -0.1) is 0 Å². The van der Waals surface area contributed by atoms with Crippen LogP contribution in [0.3, 0.4) is 0 Å². The molecule has 2 N–H and O–H groups in total. The third kappa shape index (κ3) is 2.58. The maximum absolute atomic E-state index is 9.05. The number of halogens is 2. The third-order valence-corrected chi connectivity index (χ3v) is 3.23. The van der Waals surface area contributed by atoms with E-state index in [2.05, 4.69) is 15.9 Å². The molecule has 0 unspecified atom stereocenters. The highest BCUT2D eigenvalue weighted by Gasteiger charge is 2.10. The molecule has 0 atom stereocenters. The van der Waals surface area contributed by atoms with E-state index in [0.717, 1.165) is 4.47 Å². The first-order chi connectivity index (χ1) is 8.61. The highest BCUT2D eigenvalue weighted by atomic mass is 79.9. The summed E-state index contributed by atoms with van der Waals surface area (Å²) in [5.41, 5.74) is 6.57. The van der Waals surface area contributed by atoms with Crippen LogP contribution >= 0.6 is 27.5 Å². The zero-order valence-electron chi connectivity index (χ0n) is 9.15. The monoisotopic (exact) mass is 322 g/mol. The minimum atomic E-state index is 0.300. The van der Waals surface area contributed by atoms with Crippen molar-refractivity contribution in [1.82, 2.24) is 0 Å². The van der Waals surface area contributed by atoms with E-state index < -0.39 is 0 Å². The van der Waals surface area contributed by atoms with Gasteiger partial charge in [0.2, 0.25) is 0 Å². The highest BCUT2D eigenvalue weighted by Crippen LogP contribution is 2.34. The highest BCUT2D eigenvalue weighted by molar-refractivity contribution is 9.10. The van der Waals surface area contributed by atoms with Crippen LogP contribution in [0.4, 0.5) is 5.69 Å². The molecule has 2 aromatic rings. The second-order valence-corrected chi connectivity index (χ2v) is 4.78. The van der Waals surface area contributed by atoms with Crippen LogP contribution in [-0.2, 0) is 0 Å². The van der Waals surface area contributed by atoms with Gasteiger partial charge in [-0.2, -0.15) is 5.26 Å². The minimum absolute atomic E-state index is 0.300. The Bertz CT molecular complexity index is 637. The first-order valence-electron chi connectivity index (χ1n) is 5.03. The van der Waals surface area contributed by atoms with Gasteiger partial charge in [0.1, 0.15) is 23.1 Å². The molecule has 0 aliphatic heterocycles. The molecular formula is C13H8BrClN2O. The number of nitrogens with zero attached hydrogens (tertiary/aromatic N) is 1. The molecule has 0 aliphatic rings. The minimum Gasteiger partial charge on any atom is -0.455 e. The van der Waals surface area contributed by atoms with E-state index in [1.54, 1.807) is 36.4 Å². The summed E-state index contributed by atoms with van der Waals surface area (Å²) in [7, 11) is 0. The fourth-order valence-corrected chi connectivity index (χ4v) is 1.95. The fourth-order valence-electron chi connectivity index (χ4n) is 1.41. The maximum Gasteiger partial charge on any atom is 0.146 e. The topological polar surface area (TPSA) is 59.0 Å². The Morgan fingerprint density at radius 3 is 2.72 bits per heavy atom. The van der Waals surface area contributed by atoms with Crippen LogP contribution in [0.5, 0.6) is 11.5 Å². The summed E-state index contributed by atoms with van der Waals surface area (Å²) in [6, 6.07) is 12.3. The van der Waals surface area contributed by atoms with Gasteiger partial charge in [0.15, 0.2) is 0 Å². The van der Waals surface area contributed by atoms with Crippen LogP contribution in [0.1, 0.15) is 5.56 Å². The Balaban J connectivity index is 2.44. The predicted octanol–water partition coefficient (Wildman–Crippen LogP) is 4.35. The average molecular weight is 324 g/mol. The lowest BCUT2D eigenvalue weighted by Gasteiger charge is -2.10. The van der Waals surface area contributed by atoms with E-state index in [0.29, 0.717) is 27.8 Å². The van der Waals surface area contributed by atoms with Crippen LogP contribution < -0.4 is 10.5 Å². The van der Waals surface area contributed by atoms with Gasteiger partial charge in [0.25, 0.3) is 0 Å². The van der Waals surface area contributed by atoms with Gasteiger partial charge in [-0.25, -0.2) is 0 Å². The van der Waals surface area contributed by atoms with Crippen LogP contribution in [0.25, 0.3) is 0 Å². The van der Waals surface area contributed by atoms with Crippen molar-refractivity contribution in [2.24, 2.45) is 0 Å². The van der Waals surface area contributed by atoms with Crippen molar-refractivity contribution in [3.63, 3.8) is 0 Å². The maximum atomic E-state index is 9.05. The Morgan fingerprint density at radius 2 is 2.00 bits per heavy atom. The molecule has 2 rings (SSSR count). The van der Waals surface area contributed by atoms with Gasteiger partial charge in [0, 0.05) is 11.8 Å². The van der Waals surface area contributed by atoms with Crippen LogP contribution in [0, 0.1) is 11.3 Å². The van der Waals surface area contributed by atoms with Gasteiger partial charge in [-0.3, -0.25) is 0 Å². The second-order valence-electron chi connectivity index (χ2n) is 3.52. The number of benzene rings is 2. The van der Waals surface area contributed by atoms with E-state index in [1.165, 1.54) is 0 Å². The number of rotatable bonds is 2. The normalized spacial score (nSPS) is 9.83. The number of anilines is 1. The van der Waals surface area contributed by atoms with E-state index in [4.69, 9.17) is 27.3 Å². The quantitative estimate of drug-likeness (QED) is 0.836. The van der Waals surface area contributed by atoms with Crippen molar-refractivity contribution in [2.75, 3.05) is 5.73 Å². The molecule has 0 fully saturated rings. The SMILES string of the molecule is N#Cc1c(Cl)cccc1Oc1cc(N)ccc1Br. The van der Waals surface area contributed by atoms with E-state index >= 15 is 0 Å². The van der Waals surface area contributed by atoms with Gasteiger partial charge in [-0.05, 0) is 40.2 Å². The predicted molar refractivity (Wildman–Crippen MR) is 74.8 cm³/mol. The lowest BCUT2D eigenvalue weighted by Crippen LogP contribution is -1.92. The first-order valence-corrected chi connectivity index (χ1v) is 6.20. The summed E-state index contributed by atoms with van der Waals surface area (Å²) in [5, 5.41) is 9.41. The Kier molecular flexibility index (Phi) is 3.75. The van der Waals surface area contributed by atoms with E-state index in [9.17, 15) is 0 Å². The van der Waals surface area contributed by atoms with Crippen molar-refractivity contribution in [3.8, 4) is 17.6 Å². The van der Waals surface area contributed by atoms with Crippen LogP contribution in [0.15, 0.2) is 40.9 Å². The van der Waals surface area contributed by atoms with Crippen molar-refractivity contribution in [3.05, 3.63) is 51.5 Å². The number of nitrogen functional groups attached to an aromatic ring is 1. The molecular weight excluding hydrogens is 316 g/mol. The number of ether oxygens (including phenoxy) is 1. The zero-order chi connectivity index (χ0) is 13.1. The summed E-state index contributed by atoms with van der Waals surface area (Å²) < 4.78 is 6.41. The number of hydrogen-bond acceptors (Lipinski definition) is 3. The molecule has 0 saturated carbocycles. The fraction of sp³-hybridized carbons (Fsp3) is 0. The van der Waals surface area contributed by atoms with Gasteiger partial charge >= 0.3 is 0 Å². The summed E-state index contributed by atoms with van der Waals surface area (Å²) >= 11 is 9.28. The number of nitrogens with two attached hydrogens (primary N) is 1. The molecule has 0 spiro atoms. The first kappa shape index (κ1) is 12.7. The van der Waals surface area contributed by atoms with Crippen molar-refractivity contribution in [2.45, 2.75) is 0 Å². The Morgan fingerprint density at radius 1 is 1.22 bits per heavy atom. The van der Waals surface area contributed by atoms with Gasteiger partial charge in [-0.1, -0.05) is 17.7 Å². The molecule has 0 saturated heterocycles. The van der Waals surface area contributed by atoms with Crippen LogP contribution in [-0.4, -0.2) is 0 Å². The van der Waals surface area contributed by atoms with E-state index in [-0.39, 0.29) is 0 Å². The number of hydrogen-bond donors (Lipinski definition) is 1. The molecule has 0 heterocycles. The van der Waals surface area contributed by atoms with E-state index in [1.807, 2.05) is 6.07 Å². The summed E-state index contributed by atoms with van der Waals surface area (Å²) in [6.07, 6.45) is 0. The standard InChI is InChI=1S/C13H8BrClN2O/c14-10-5-4-8(17)6-13(10)18-12-3-1-2-11(15)9(12)7-16/h1-6H,17H2. The lowest BCUT2D eigenvalue weighted by atomic mass is 10.2. The number of nitriles is 1. The van der Waals surface area contributed by atoms with Gasteiger partial charge in [0.05, 0.1) is 9.50 Å². The molecule has 2 aromatic carbocycles. The van der Waals surface area contributed by atoms with Gasteiger partial charge < -0.3 is 10.5 Å². The molecule has 3 nitrogen and oxygen atoms in total. The zero-order valence-corrected chi connectivity index (χ0v) is 11.5. The Hall–Kier alpha value is -1.70. The summed E-state index contributed by atoms with van der Waals surface area (Å²) in [4.78, 5) is 0. The second kappa shape index (κ2) is 5.30. The molecule has 0 amide bonds. The summed E-state index contributed by atoms with van der Waals surface area (Å²) in [6.45, 7) is 0. The molecule has 0 aromatic heterocycles. The molecule has 90 valence electrons. The summed E-state index contributed by atoms with van der Waals surface area (Å²) in [5.74, 6) is 0.935. The lowest BCUT2D eigenvalue weighted by molar-refractivity contribution is 0.478. The largest absolute Gasteiger partial charge is 0.455 e. The molecule has 18 heavy (non-hydrogen) atoms. The van der Waals surface area contributed by atoms with Crippen molar-refractivity contribution in [1.29, 1.82) is 5.26 Å².